The van der Waals surface area contributed by atoms with Crippen LogP contribution in [0.1, 0.15) is 34.7 Å². The van der Waals surface area contributed by atoms with Gasteiger partial charge in [0.05, 0.1) is 13.2 Å². The van der Waals surface area contributed by atoms with E-state index in [0.717, 1.165) is 31.9 Å². The molecule has 0 saturated carbocycles. The van der Waals surface area contributed by atoms with Gasteiger partial charge < -0.3 is 10.1 Å². The zero-order chi connectivity index (χ0) is 16.9. The zero-order valence-corrected chi connectivity index (χ0v) is 15.0. The van der Waals surface area contributed by atoms with Gasteiger partial charge in [-0.05, 0) is 55.6 Å². The van der Waals surface area contributed by atoms with Crippen LogP contribution in [0, 0.1) is 13.8 Å². The number of rotatable bonds is 4. The van der Waals surface area contributed by atoms with Crippen molar-refractivity contribution in [1.82, 2.24) is 10.2 Å². The predicted molar refractivity (Wildman–Crippen MR) is 99.8 cm³/mol. The van der Waals surface area contributed by atoms with Crippen molar-refractivity contribution in [3.63, 3.8) is 0 Å². The van der Waals surface area contributed by atoms with Crippen LogP contribution in [0.4, 0.5) is 0 Å². The summed E-state index contributed by atoms with van der Waals surface area (Å²) >= 11 is 0. The third-order valence-corrected chi connectivity index (χ3v) is 4.87. The molecular formula is C21H28N2O. The molecule has 0 aromatic heterocycles. The Kier molecular flexibility index (Phi) is 5.54. The zero-order valence-electron chi connectivity index (χ0n) is 15.0. The molecule has 1 aliphatic heterocycles. The van der Waals surface area contributed by atoms with Gasteiger partial charge in [0, 0.05) is 19.6 Å². The smallest absolute Gasteiger partial charge is 0.119 e. The SMILES string of the molecule is COc1cccc(C(c2ccc(C)cc2C)N2CCCNCC2)c1. The first kappa shape index (κ1) is 17.0. The molecule has 1 atom stereocenters. The second-order valence-electron chi connectivity index (χ2n) is 6.68. The lowest BCUT2D eigenvalue weighted by atomic mass is 9.92. The highest BCUT2D eigenvalue weighted by Crippen LogP contribution is 2.33. The summed E-state index contributed by atoms with van der Waals surface area (Å²) in [6, 6.07) is 15.6. The van der Waals surface area contributed by atoms with Gasteiger partial charge in [0.15, 0.2) is 0 Å². The quantitative estimate of drug-likeness (QED) is 0.928. The summed E-state index contributed by atoms with van der Waals surface area (Å²) in [4.78, 5) is 2.60. The molecular weight excluding hydrogens is 296 g/mol. The fourth-order valence-electron chi connectivity index (χ4n) is 3.66. The van der Waals surface area contributed by atoms with Gasteiger partial charge in [-0.3, -0.25) is 4.90 Å². The van der Waals surface area contributed by atoms with E-state index < -0.39 is 0 Å². The summed E-state index contributed by atoms with van der Waals surface area (Å²) in [7, 11) is 1.74. The van der Waals surface area contributed by atoms with Crippen molar-refractivity contribution in [3.05, 3.63) is 64.7 Å². The number of aryl methyl sites for hydroxylation is 2. The molecule has 2 aromatic rings. The van der Waals surface area contributed by atoms with Crippen LogP contribution < -0.4 is 10.1 Å². The molecule has 128 valence electrons. The van der Waals surface area contributed by atoms with Gasteiger partial charge >= 0.3 is 0 Å². The summed E-state index contributed by atoms with van der Waals surface area (Å²) < 4.78 is 5.47. The highest BCUT2D eigenvalue weighted by Gasteiger charge is 2.24. The lowest BCUT2D eigenvalue weighted by Crippen LogP contribution is -2.33. The molecule has 1 heterocycles. The first-order valence-electron chi connectivity index (χ1n) is 8.85. The van der Waals surface area contributed by atoms with E-state index in [2.05, 4.69) is 60.5 Å². The van der Waals surface area contributed by atoms with Crippen LogP contribution >= 0.6 is 0 Å². The van der Waals surface area contributed by atoms with Gasteiger partial charge in [0.25, 0.3) is 0 Å². The Balaban J connectivity index is 2.05. The maximum Gasteiger partial charge on any atom is 0.119 e. The van der Waals surface area contributed by atoms with E-state index in [4.69, 9.17) is 4.74 Å². The molecule has 1 N–H and O–H groups in total. The first-order valence-corrected chi connectivity index (χ1v) is 8.85. The lowest BCUT2D eigenvalue weighted by molar-refractivity contribution is 0.240. The molecule has 3 nitrogen and oxygen atoms in total. The van der Waals surface area contributed by atoms with E-state index in [1.807, 2.05) is 6.07 Å². The van der Waals surface area contributed by atoms with Crippen LogP contribution in [-0.4, -0.2) is 38.2 Å². The van der Waals surface area contributed by atoms with Crippen molar-refractivity contribution in [2.75, 3.05) is 33.3 Å². The third kappa shape index (κ3) is 3.80. The van der Waals surface area contributed by atoms with Crippen molar-refractivity contribution < 1.29 is 4.74 Å². The molecule has 24 heavy (non-hydrogen) atoms. The molecule has 2 aromatic carbocycles. The second kappa shape index (κ2) is 7.82. The topological polar surface area (TPSA) is 24.5 Å². The highest BCUT2D eigenvalue weighted by molar-refractivity contribution is 5.41. The summed E-state index contributed by atoms with van der Waals surface area (Å²) in [5.41, 5.74) is 5.39. The average molecular weight is 324 g/mol. The highest BCUT2D eigenvalue weighted by atomic mass is 16.5. The van der Waals surface area contributed by atoms with Crippen molar-refractivity contribution in [2.24, 2.45) is 0 Å². The fourth-order valence-corrected chi connectivity index (χ4v) is 3.66. The first-order chi connectivity index (χ1) is 11.7. The van der Waals surface area contributed by atoms with Crippen LogP contribution in [0.25, 0.3) is 0 Å². The molecule has 1 saturated heterocycles. The van der Waals surface area contributed by atoms with Gasteiger partial charge in [-0.2, -0.15) is 0 Å². The number of nitrogens with zero attached hydrogens (tertiary/aromatic N) is 1. The Bertz CT molecular complexity index is 675. The minimum absolute atomic E-state index is 0.278. The molecule has 0 aliphatic carbocycles. The van der Waals surface area contributed by atoms with Gasteiger partial charge in [-0.1, -0.05) is 35.9 Å². The van der Waals surface area contributed by atoms with Crippen molar-refractivity contribution in [2.45, 2.75) is 26.3 Å². The van der Waals surface area contributed by atoms with E-state index in [-0.39, 0.29) is 6.04 Å². The number of methoxy groups -OCH3 is 1. The normalized spacial score (nSPS) is 17.3. The molecule has 3 rings (SSSR count). The Labute approximate surface area is 145 Å². The van der Waals surface area contributed by atoms with Crippen molar-refractivity contribution >= 4 is 0 Å². The Morgan fingerprint density at radius 3 is 2.71 bits per heavy atom. The number of hydrogen-bond donors (Lipinski definition) is 1. The second-order valence-corrected chi connectivity index (χ2v) is 6.68. The van der Waals surface area contributed by atoms with Crippen molar-refractivity contribution in [1.29, 1.82) is 0 Å². The Morgan fingerprint density at radius 1 is 1.04 bits per heavy atom. The predicted octanol–water partition coefficient (Wildman–Crippen LogP) is 3.70. The molecule has 0 amide bonds. The van der Waals surface area contributed by atoms with E-state index in [9.17, 15) is 0 Å². The van der Waals surface area contributed by atoms with Gasteiger partial charge in [0.2, 0.25) is 0 Å². The largest absolute Gasteiger partial charge is 0.497 e. The van der Waals surface area contributed by atoms with Gasteiger partial charge in [0.1, 0.15) is 5.75 Å². The lowest BCUT2D eigenvalue weighted by Gasteiger charge is -2.32. The molecule has 0 radical (unpaired) electrons. The number of hydrogen-bond acceptors (Lipinski definition) is 3. The standard InChI is InChI=1S/C21H28N2O/c1-16-8-9-20(17(2)14-16)21(23-12-5-10-22-11-13-23)18-6-4-7-19(15-18)24-3/h4,6-9,14-15,21-22H,5,10-13H2,1-3H3. The summed E-state index contributed by atoms with van der Waals surface area (Å²) in [6.45, 7) is 8.72. The number of benzene rings is 2. The van der Waals surface area contributed by atoms with Crippen LogP contribution in [-0.2, 0) is 0 Å². The van der Waals surface area contributed by atoms with E-state index in [0.29, 0.717) is 0 Å². The van der Waals surface area contributed by atoms with Gasteiger partial charge in [-0.25, -0.2) is 0 Å². The van der Waals surface area contributed by atoms with Crippen LogP contribution in [0.2, 0.25) is 0 Å². The number of ether oxygens (including phenoxy) is 1. The summed E-state index contributed by atoms with van der Waals surface area (Å²) in [5, 5.41) is 3.51. The molecule has 0 spiro atoms. The van der Waals surface area contributed by atoms with Gasteiger partial charge in [-0.15, -0.1) is 0 Å². The molecule has 1 unspecified atom stereocenters. The Morgan fingerprint density at radius 2 is 1.92 bits per heavy atom. The fraction of sp³-hybridized carbons (Fsp3) is 0.429. The average Bonchev–Trinajstić information content (AvgIpc) is 2.86. The maximum absolute atomic E-state index is 5.47. The number of nitrogens with one attached hydrogen (secondary N) is 1. The maximum atomic E-state index is 5.47. The minimum atomic E-state index is 0.278. The molecule has 3 heteroatoms. The third-order valence-electron chi connectivity index (χ3n) is 4.87. The molecule has 1 aliphatic rings. The summed E-state index contributed by atoms with van der Waals surface area (Å²) in [5.74, 6) is 0.926. The van der Waals surface area contributed by atoms with Crippen LogP contribution in [0.3, 0.4) is 0 Å². The molecule has 0 bridgehead atoms. The monoisotopic (exact) mass is 324 g/mol. The van der Waals surface area contributed by atoms with Crippen LogP contribution in [0.5, 0.6) is 5.75 Å². The van der Waals surface area contributed by atoms with E-state index in [1.165, 1.54) is 28.7 Å². The van der Waals surface area contributed by atoms with Crippen LogP contribution in [0.15, 0.2) is 42.5 Å². The minimum Gasteiger partial charge on any atom is -0.497 e. The van der Waals surface area contributed by atoms with E-state index >= 15 is 0 Å². The van der Waals surface area contributed by atoms with Crippen molar-refractivity contribution in [3.8, 4) is 5.75 Å². The summed E-state index contributed by atoms with van der Waals surface area (Å²) in [6.07, 6.45) is 1.19. The molecule has 1 fully saturated rings. The Hall–Kier alpha value is -1.84. The van der Waals surface area contributed by atoms with E-state index in [1.54, 1.807) is 7.11 Å².